The van der Waals surface area contributed by atoms with Crippen LogP contribution < -0.4 is 10.6 Å². The van der Waals surface area contributed by atoms with Crippen LogP contribution >= 0.6 is 23.2 Å². The summed E-state index contributed by atoms with van der Waals surface area (Å²) in [6, 6.07) is 16.1. The summed E-state index contributed by atoms with van der Waals surface area (Å²) in [6.07, 6.45) is 1.34. The number of halogens is 2. The molecular weight excluding hydrogens is 359 g/mol. The fourth-order valence-electron chi connectivity index (χ4n) is 2.14. The summed E-state index contributed by atoms with van der Waals surface area (Å²) < 4.78 is 0. The van der Waals surface area contributed by atoms with Crippen LogP contribution in [0.4, 0.5) is 11.5 Å². The Labute approximate surface area is 155 Å². The monoisotopic (exact) mass is 372 g/mol. The number of hydrogen-bond acceptors (Lipinski definition) is 4. The quantitative estimate of drug-likeness (QED) is 0.693. The molecule has 7 heteroatoms. The lowest BCUT2D eigenvalue weighted by Gasteiger charge is -2.08. The van der Waals surface area contributed by atoms with Crippen molar-refractivity contribution < 1.29 is 4.79 Å². The van der Waals surface area contributed by atoms with Gasteiger partial charge in [-0.25, -0.2) is 9.97 Å². The average Bonchev–Trinajstić information content (AvgIpc) is 2.61. The van der Waals surface area contributed by atoms with Gasteiger partial charge in [0.25, 0.3) is 5.91 Å². The Morgan fingerprint density at radius 3 is 2.52 bits per heavy atom. The summed E-state index contributed by atoms with van der Waals surface area (Å²) in [4.78, 5) is 20.4. The van der Waals surface area contributed by atoms with Crippen molar-refractivity contribution in [2.75, 3.05) is 5.32 Å². The van der Waals surface area contributed by atoms with Crippen molar-refractivity contribution in [2.24, 2.45) is 0 Å². The molecule has 0 aliphatic rings. The molecule has 2 N–H and O–H groups in total. The number of carbonyl (C=O) groups excluding carboxylic acids is 1. The van der Waals surface area contributed by atoms with Crippen LogP contribution in [0, 0.1) is 0 Å². The van der Waals surface area contributed by atoms with Crippen LogP contribution in [0.2, 0.25) is 10.0 Å². The van der Waals surface area contributed by atoms with Crippen LogP contribution in [-0.2, 0) is 6.54 Å². The van der Waals surface area contributed by atoms with E-state index in [0.717, 1.165) is 11.3 Å². The second kappa shape index (κ2) is 7.96. The highest BCUT2D eigenvalue weighted by Crippen LogP contribution is 2.19. The Balaban J connectivity index is 1.65. The Kier molecular flexibility index (Phi) is 5.48. The van der Waals surface area contributed by atoms with E-state index in [4.69, 9.17) is 23.2 Å². The van der Waals surface area contributed by atoms with Crippen molar-refractivity contribution in [2.45, 2.75) is 6.54 Å². The van der Waals surface area contributed by atoms with Crippen molar-refractivity contribution in [3.8, 4) is 0 Å². The van der Waals surface area contributed by atoms with Gasteiger partial charge in [0.05, 0.1) is 0 Å². The minimum atomic E-state index is -0.286. The molecule has 0 spiro atoms. The molecule has 0 saturated carbocycles. The first-order valence-corrected chi connectivity index (χ1v) is 8.23. The lowest BCUT2D eigenvalue weighted by atomic mass is 10.2. The molecular formula is C18H14Cl2N4O. The number of benzene rings is 2. The fourth-order valence-corrected chi connectivity index (χ4v) is 2.46. The maximum atomic E-state index is 12.3. The molecule has 1 heterocycles. The van der Waals surface area contributed by atoms with Gasteiger partial charge in [-0.05, 0) is 35.9 Å². The first kappa shape index (κ1) is 17.2. The molecule has 0 radical (unpaired) electrons. The van der Waals surface area contributed by atoms with Gasteiger partial charge < -0.3 is 10.6 Å². The molecule has 3 rings (SSSR count). The Morgan fingerprint density at radius 2 is 1.76 bits per heavy atom. The molecule has 0 aliphatic carbocycles. The van der Waals surface area contributed by atoms with E-state index in [2.05, 4.69) is 20.6 Å². The molecule has 5 nitrogen and oxygen atoms in total. The third kappa shape index (κ3) is 4.92. The zero-order valence-corrected chi connectivity index (χ0v) is 14.6. The molecule has 0 aliphatic heterocycles. The van der Waals surface area contributed by atoms with Crippen LogP contribution in [0.3, 0.4) is 0 Å². The van der Waals surface area contributed by atoms with Gasteiger partial charge >= 0.3 is 0 Å². The van der Waals surface area contributed by atoms with E-state index in [1.165, 1.54) is 6.33 Å². The van der Waals surface area contributed by atoms with Gasteiger partial charge in [0.15, 0.2) is 0 Å². The van der Waals surface area contributed by atoms with Gasteiger partial charge in [-0.3, -0.25) is 4.79 Å². The molecule has 0 fully saturated rings. The van der Waals surface area contributed by atoms with Crippen molar-refractivity contribution in [1.29, 1.82) is 0 Å². The zero-order chi connectivity index (χ0) is 17.6. The third-order valence-corrected chi connectivity index (χ3v) is 3.85. The van der Waals surface area contributed by atoms with E-state index >= 15 is 0 Å². The van der Waals surface area contributed by atoms with Crippen molar-refractivity contribution in [1.82, 2.24) is 15.3 Å². The number of amides is 1. The first-order valence-electron chi connectivity index (χ1n) is 7.47. The standard InChI is InChI=1S/C18H14Cl2N4O/c19-13-6-4-12(5-7-13)10-21-18(25)16-9-17(23-11-22-16)24-15-3-1-2-14(20)8-15/h1-9,11H,10H2,(H,21,25)(H,22,23,24). The van der Waals surface area contributed by atoms with Gasteiger partial charge in [-0.15, -0.1) is 0 Å². The Bertz CT molecular complexity index is 884. The van der Waals surface area contributed by atoms with Crippen molar-refractivity contribution in [3.63, 3.8) is 0 Å². The molecule has 126 valence electrons. The number of aromatic nitrogens is 2. The van der Waals surface area contributed by atoms with Crippen LogP contribution in [0.1, 0.15) is 16.1 Å². The number of rotatable bonds is 5. The highest BCUT2D eigenvalue weighted by Gasteiger charge is 2.09. The minimum Gasteiger partial charge on any atom is -0.347 e. The van der Waals surface area contributed by atoms with Crippen LogP contribution in [0.25, 0.3) is 0 Å². The van der Waals surface area contributed by atoms with Crippen molar-refractivity contribution in [3.05, 3.63) is 82.2 Å². The molecule has 0 bridgehead atoms. The highest BCUT2D eigenvalue weighted by molar-refractivity contribution is 6.31. The predicted octanol–water partition coefficient (Wildman–Crippen LogP) is 4.46. The lowest BCUT2D eigenvalue weighted by molar-refractivity contribution is 0.0946. The van der Waals surface area contributed by atoms with E-state index in [1.54, 1.807) is 30.3 Å². The number of carbonyl (C=O) groups is 1. The van der Waals surface area contributed by atoms with E-state index in [1.807, 2.05) is 24.3 Å². The number of anilines is 2. The van der Waals surface area contributed by atoms with Gasteiger partial charge in [0.2, 0.25) is 0 Å². The largest absolute Gasteiger partial charge is 0.347 e. The van der Waals surface area contributed by atoms with Crippen LogP contribution in [0.5, 0.6) is 0 Å². The average molecular weight is 373 g/mol. The zero-order valence-electron chi connectivity index (χ0n) is 13.0. The third-order valence-electron chi connectivity index (χ3n) is 3.36. The van der Waals surface area contributed by atoms with E-state index in [9.17, 15) is 4.79 Å². The minimum absolute atomic E-state index is 0.272. The van der Waals surface area contributed by atoms with Gasteiger partial charge in [0, 0.05) is 28.3 Å². The van der Waals surface area contributed by atoms with Gasteiger partial charge in [-0.2, -0.15) is 0 Å². The van der Waals surface area contributed by atoms with Crippen molar-refractivity contribution >= 4 is 40.6 Å². The maximum absolute atomic E-state index is 12.3. The SMILES string of the molecule is O=C(NCc1ccc(Cl)cc1)c1cc(Nc2cccc(Cl)c2)ncn1. The summed E-state index contributed by atoms with van der Waals surface area (Å²) >= 11 is 11.8. The smallest absolute Gasteiger partial charge is 0.270 e. The van der Waals surface area contributed by atoms with Gasteiger partial charge in [-0.1, -0.05) is 41.4 Å². The van der Waals surface area contributed by atoms with E-state index in [-0.39, 0.29) is 11.6 Å². The Morgan fingerprint density at radius 1 is 0.960 bits per heavy atom. The molecule has 25 heavy (non-hydrogen) atoms. The Hall–Kier alpha value is -2.63. The normalized spacial score (nSPS) is 10.3. The summed E-state index contributed by atoms with van der Waals surface area (Å²) in [7, 11) is 0. The van der Waals surface area contributed by atoms with Gasteiger partial charge in [0.1, 0.15) is 17.8 Å². The van der Waals surface area contributed by atoms with E-state index < -0.39 is 0 Å². The molecule has 1 aromatic heterocycles. The fraction of sp³-hybridized carbons (Fsp3) is 0.0556. The molecule has 0 saturated heterocycles. The van der Waals surface area contributed by atoms with E-state index in [0.29, 0.717) is 22.4 Å². The second-order valence-electron chi connectivity index (χ2n) is 5.23. The number of nitrogens with zero attached hydrogens (tertiary/aromatic N) is 2. The molecule has 0 unspecified atom stereocenters. The second-order valence-corrected chi connectivity index (χ2v) is 6.11. The molecule has 0 atom stereocenters. The number of nitrogens with one attached hydrogen (secondary N) is 2. The molecule has 2 aromatic carbocycles. The first-order chi connectivity index (χ1) is 12.1. The maximum Gasteiger partial charge on any atom is 0.270 e. The highest BCUT2D eigenvalue weighted by atomic mass is 35.5. The lowest BCUT2D eigenvalue weighted by Crippen LogP contribution is -2.24. The molecule has 3 aromatic rings. The topological polar surface area (TPSA) is 66.9 Å². The summed E-state index contributed by atoms with van der Waals surface area (Å²) in [6.45, 7) is 0.386. The van der Waals surface area contributed by atoms with Crippen LogP contribution in [-0.4, -0.2) is 15.9 Å². The molecule has 1 amide bonds. The summed E-state index contributed by atoms with van der Waals surface area (Å²) in [5.41, 5.74) is 2.00. The summed E-state index contributed by atoms with van der Waals surface area (Å²) in [5, 5.41) is 7.17. The summed E-state index contributed by atoms with van der Waals surface area (Å²) in [5.74, 6) is 0.223. The van der Waals surface area contributed by atoms with Crippen LogP contribution in [0.15, 0.2) is 60.9 Å². The predicted molar refractivity (Wildman–Crippen MR) is 99.4 cm³/mol. The number of hydrogen-bond donors (Lipinski definition) is 2.